The number of ether oxygens (including phenoxy) is 2. The fourth-order valence-corrected chi connectivity index (χ4v) is 3.19. The number of carboxylic acids is 1. The van der Waals surface area contributed by atoms with E-state index in [1.54, 1.807) is 18.2 Å². The van der Waals surface area contributed by atoms with Crippen molar-refractivity contribution >= 4 is 35.0 Å². The van der Waals surface area contributed by atoms with E-state index in [9.17, 15) is 14.4 Å². The topological polar surface area (TPSA) is 93.1 Å². The van der Waals surface area contributed by atoms with Crippen LogP contribution >= 0.6 is 11.8 Å². The zero-order valence-corrected chi connectivity index (χ0v) is 15.5. The van der Waals surface area contributed by atoms with Gasteiger partial charge in [-0.3, -0.25) is 19.3 Å². The molecule has 1 aliphatic heterocycles. The minimum Gasteiger partial charge on any atom is -0.493 e. The summed E-state index contributed by atoms with van der Waals surface area (Å²) in [6.45, 7) is 2.07. The van der Waals surface area contributed by atoms with Crippen molar-refractivity contribution < 1.29 is 29.0 Å². The van der Waals surface area contributed by atoms with E-state index in [0.717, 1.165) is 31.0 Å². The SMILES string of the molecule is CCCCCOc1ccc(C=C2SC(=O)N(CC(=O)O)C2=O)cc1OC. The lowest BCUT2D eigenvalue weighted by atomic mass is 10.2. The van der Waals surface area contributed by atoms with Gasteiger partial charge >= 0.3 is 5.97 Å². The van der Waals surface area contributed by atoms with Crippen LogP contribution in [-0.2, 0) is 9.59 Å². The maximum Gasteiger partial charge on any atom is 0.323 e. The number of rotatable bonds is 9. The summed E-state index contributed by atoms with van der Waals surface area (Å²) in [5.41, 5.74) is 0.656. The Bertz CT molecular complexity index is 730. The summed E-state index contributed by atoms with van der Waals surface area (Å²) in [5, 5.41) is 8.19. The molecular formula is C18H21NO6S. The number of carbonyl (C=O) groups is 3. The van der Waals surface area contributed by atoms with Crippen LogP contribution in [0.15, 0.2) is 23.1 Å². The van der Waals surface area contributed by atoms with Gasteiger partial charge in [0.05, 0.1) is 18.6 Å². The molecule has 0 saturated carbocycles. The van der Waals surface area contributed by atoms with E-state index in [1.165, 1.54) is 13.2 Å². The van der Waals surface area contributed by atoms with Gasteiger partial charge in [-0.25, -0.2) is 0 Å². The third-order valence-corrected chi connectivity index (χ3v) is 4.57. The fourth-order valence-electron chi connectivity index (χ4n) is 2.35. The molecule has 1 aromatic carbocycles. The first kappa shape index (κ1) is 19.8. The van der Waals surface area contributed by atoms with Crippen LogP contribution in [0, 0.1) is 0 Å². The molecule has 1 aliphatic rings. The molecule has 1 saturated heterocycles. The van der Waals surface area contributed by atoms with Crippen molar-refractivity contribution in [2.45, 2.75) is 26.2 Å². The van der Waals surface area contributed by atoms with Gasteiger partial charge in [-0.2, -0.15) is 0 Å². The van der Waals surface area contributed by atoms with Gasteiger partial charge < -0.3 is 14.6 Å². The molecule has 1 heterocycles. The minimum atomic E-state index is -1.24. The largest absolute Gasteiger partial charge is 0.493 e. The van der Waals surface area contributed by atoms with E-state index in [1.807, 2.05) is 0 Å². The molecular weight excluding hydrogens is 358 g/mol. The van der Waals surface area contributed by atoms with E-state index in [4.69, 9.17) is 14.6 Å². The van der Waals surface area contributed by atoms with Crippen LogP contribution < -0.4 is 9.47 Å². The molecule has 26 heavy (non-hydrogen) atoms. The molecule has 0 spiro atoms. The van der Waals surface area contributed by atoms with Crippen LogP contribution in [0.1, 0.15) is 31.7 Å². The summed E-state index contributed by atoms with van der Waals surface area (Å²) >= 11 is 0.719. The maximum atomic E-state index is 12.2. The van der Waals surface area contributed by atoms with E-state index in [2.05, 4.69) is 6.92 Å². The number of carboxylic acid groups (broad SMARTS) is 1. The van der Waals surface area contributed by atoms with Crippen LogP contribution in [0.5, 0.6) is 11.5 Å². The Balaban J connectivity index is 2.14. The molecule has 7 nitrogen and oxygen atoms in total. The van der Waals surface area contributed by atoms with Crippen molar-refractivity contribution in [3.05, 3.63) is 28.7 Å². The van der Waals surface area contributed by atoms with Crippen LogP contribution in [0.2, 0.25) is 0 Å². The van der Waals surface area contributed by atoms with Gasteiger partial charge in [0.2, 0.25) is 0 Å². The van der Waals surface area contributed by atoms with Gasteiger partial charge in [-0.05, 0) is 42.0 Å². The zero-order valence-electron chi connectivity index (χ0n) is 14.7. The van der Waals surface area contributed by atoms with Crippen LogP contribution in [-0.4, -0.2) is 47.4 Å². The Labute approximate surface area is 156 Å². The first-order valence-corrected chi connectivity index (χ1v) is 9.06. The van der Waals surface area contributed by atoms with E-state index in [0.29, 0.717) is 28.6 Å². The molecule has 2 amide bonds. The predicted molar refractivity (Wildman–Crippen MR) is 98.3 cm³/mol. The highest BCUT2D eigenvalue weighted by Crippen LogP contribution is 2.34. The molecule has 0 aromatic heterocycles. The van der Waals surface area contributed by atoms with Gasteiger partial charge in [0.1, 0.15) is 6.54 Å². The van der Waals surface area contributed by atoms with Crippen molar-refractivity contribution in [1.29, 1.82) is 0 Å². The molecule has 0 bridgehead atoms. The average Bonchev–Trinajstić information content (AvgIpc) is 2.86. The number of methoxy groups -OCH3 is 1. The van der Waals surface area contributed by atoms with E-state index in [-0.39, 0.29) is 4.91 Å². The summed E-state index contributed by atoms with van der Waals surface area (Å²) in [5.74, 6) is -0.708. The zero-order chi connectivity index (χ0) is 19.1. The molecule has 0 unspecified atom stereocenters. The Hall–Kier alpha value is -2.48. The molecule has 0 atom stereocenters. The van der Waals surface area contributed by atoms with Crippen LogP contribution in [0.4, 0.5) is 4.79 Å². The Kier molecular flexibility index (Phi) is 7.08. The second kappa shape index (κ2) is 9.28. The summed E-state index contributed by atoms with van der Waals surface area (Å²) < 4.78 is 11.0. The van der Waals surface area contributed by atoms with Gasteiger partial charge in [0.25, 0.3) is 11.1 Å². The summed E-state index contributed by atoms with van der Waals surface area (Å²) in [4.78, 5) is 35.6. The average molecular weight is 379 g/mol. The van der Waals surface area contributed by atoms with Crippen molar-refractivity contribution in [2.24, 2.45) is 0 Å². The summed E-state index contributed by atoms with van der Waals surface area (Å²) in [6.07, 6.45) is 4.69. The monoisotopic (exact) mass is 379 g/mol. The van der Waals surface area contributed by atoms with Crippen molar-refractivity contribution in [2.75, 3.05) is 20.3 Å². The maximum absolute atomic E-state index is 12.2. The quantitative estimate of drug-likeness (QED) is 0.519. The number of nitrogens with zero attached hydrogens (tertiary/aromatic N) is 1. The number of thioether (sulfide) groups is 1. The summed E-state index contributed by atoms with van der Waals surface area (Å²) in [6, 6.07) is 5.21. The third-order valence-electron chi connectivity index (χ3n) is 3.66. The van der Waals surface area contributed by atoms with Crippen molar-refractivity contribution in [1.82, 2.24) is 4.90 Å². The van der Waals surface area contributed by atoms with Gasteiger partial charge in [0, 0.05) is 0 Å². The Morgan fingerprint density at radius 1 is 1.27 bits per heavy atom. The number of carbonyl (C=O) groups excluding carboxylic acids is 2. The third kappa shape index (κ3) is 5.01. The second-order valence-electron chi connectivity index (χ2n) is 5.63. The van der Waals surface area contributed by atoms with Gasteiger partial charge in [0.15, 0.2) is 11.5 Å². The molecule has 2 rings (SSSR count). The lowest BCUT2D eigenvalue weighted by molar-refractivity contribution is -0.140. The lowest BCUT2D eigenvalue weighted by Gasteiger charge is -2.11. The lowest BCUT2D eigenvalue weighted by Crippen LogP contribution is -2.33. The minimum absolute atomic E-state index is 0.176. The normalized spacial score (nSPS) is 15.6. The second-order valence-corrected chi connectivity index (χ2v) is 6.62. The first-order chi connectivity index (χ1) is 12.5. The number of hydrogen-bond acceptors (Lipinski definition) is 6. The number of hydrogen-bond donors (Lipinski definition) is 1. The van der Waals surface area contributed by atoms with E-state index < -0.39 is 23.7 Å². The highest BCUT2D eigenvalue weighted by molar-refractivity contribution is 8.18. The highest BCUT2D eigenvalue weighted by atomic mass is 32.2. The van der Waals surface area contributed by atoms with Crippen molar-refractivity contribution in [3.63, 3.8) is 0 Å². The van der Waals surface area contributed by atoms with Gasteiger partial charge in [-0.1, -0.05) is 25.8 Å². The smallest absolute Gasteiger partial charge is 0.323 e. The number of aliphatic carboxylic acids is 1. The molecule has 0 aliphatic carbocycles. The molecule has 1 aromatic rings. The number of imide groups is 1. The fraction of sp³-hybridized carbons (Fsp3) is 0.389. The van der Waals surface area contributed by atoms with Crippen LogP contribution in [0.3, 0.4) is 0 Å². The van der Waals surface area contributed by atoms with Crippen molar-refractivity contribution in [3.8, 4) is 11.5 Å². The number of amides is 2. The number of benzene rings is 1. The predicted octanol–water partition coefficient (Wildman–Crippen LogP) is 3.39. The summed E-state index contributed by atoms with van der Waals surface area (Å²) in [7, 11) is 1.53. The van der Waals surface area contributed by atoms with Gasteiger partial charge in [-0.15, -0.1) is 0 Å². The van der Waals surface area contributed by atoms with E-state index >= 15 is 0 Å². The molecule has 1 fully saturated rings. The molecule has 1 N–H and O–H groups in total. The first-order valence-electron chi connectivity index (χ1n) is 8.24. The number of unbranched alkanes of at least 4 members (excludes halogenated alkanes) is 2. The highest BCUT2D eigenvalue weighted by Gasteiger charge is 2.36. The molecule has 8 heteroatoms. The Morgan fingerprint density at radius 3 is 2.69 bits per heavy atom. The Morgan fingerprint density at radius 2 is 2.04 bits per heavy atom. The molecule has 0 radical (unpaired) electrons. The van der Waals surface area contributed by atoms with Crippen LogP contribution in [0.25, 0.3) is 6.08 Å². The standard InChI is InChI=1S/C18H21NO6S/c1-3-4-5-8-25-13-7-6-12(9-14(13)24-2)10-15-17(22)19(11-16(20)21)18(23)26-15/h6-7,9-10H,3-5,8,11H2,1-2H3,(H,20,21). The molecule has 140 valence electrons.